The van der Waals surface area contributed by atoms with Crippen LogP contribution in [0.1, 0.15) is 33.6 Å². The molecule has 5 heteroatoms. The van der Waals surface area contributed by atoms with Gasteiger partial charge in [-0.1, -0.05) is 30.3 Å². The van der Waals surface area contributed by atoms with Gasteiger partial charge in [0.15, 0.2) is 0 Å². The van der Waals surface area contributed by atoms with Gasteiger partial charge in [-0.3, -0.25) is 9.59 Å². The van der Waals surface area contributed by atoms with Gasteiger partial charge in [-0.15, -0.1) is 0 Å². The van der Waals surface area contributed by atoms with Crippen LogP contribution in [-0.2, 0) is 0 Å². The largest absolute Gasteiger partial charge is 0.349 e. The molecule has 0 saturated carbocycles. The summed E-state index contributed by atoms with van der Waals surface area (Å²) in [6, 6.07) is 17.0. The zero-order chi connectivity index (χ0) is 16.9. The first-order valence-corrected chi connectivity index (χ1v) is 9.13. The van der Waals surface area contributed by atoms with Crippen LogP contribution in [0.3, 0.4) is 0 Å². The van der Waals surface area contributed by atoms with E-state index in [4.69, 9.17) is 0 Å². The summed E-state index contributed by atoms with van der Waals surface area (Å²) >= 11 is 2.17. The summed E-state index contributed by atoms with van der Waals surface area (Å²) in [5, 5.41) is 3.09. The minimum Gasteiger partial charge on any atom is -0.349 e. The number of nitrogens with one attached hydrogen (secondary N) is 1. The third-order valence-corrected chi connectivity index (χ3v) is 5.20. The summed E-state index contributed by atoms with van der Waals surface area (Å²) in [5.41, 5.74) is 1.43. The summed E-state index contributed by atoms with van der Waals surface area (Å²) in [6.45, 7) is 1.34. The summed E-state index contributed by atoms with van der Waals surface area (Å²) in [4.78, 5) is 26.7. The van der Waals surface area contributed by atoms with Crippen LogP contribution in [0.5, 0.6) is 0 Å². The predicted molar refractivity (Wildman–Crippen MR) is 102 cm³/mol. The number of hydrogen-bond donors (Lipinski definition) is 1. The molecule has 24 heavy (non-hydrogen) atoms. The zero-order valence-corrected chi connectivity index (χ0v) is 15.4. The van der Waals surface area contributed by atoms with Crippen LogP contribution in [-0.4, -0.2) is 35.8 Å². The van der Waals surface area contributed by atoms with Crippen molar-refractivity contribution in [2.45, 2.75) is 18.9 Å². The summed E-state index contributed by atoms with van der Waals surface area (Å²) < 4.78 is 0.948. The highest BCUT2D eigenvalue weighted by Gasteiger charge is 2.25. The molecule has 0 unspecified atom stereocenters. The number of likely N-dealkylation sites (tertiary alicyclic amines) is 1. The van der Waals surface area contributed by atoms with Gasteiger partial charge in [0.1, 0.15) is 0 Å². The van der Waals surface area contributed by atoms with Gasteiger partial charge in [0.05, 0.1) is 5.56 Å². The van der Waals surface area contributed by atoms with Gasteiger partial charge < -0.3 is 10.2 Å². The van der Waals surface area contributed by atoms with Crippen molar-refractivity contribution in [1.82, 2.24) is 10.2 Å². The Hall–Kier alpha value is -1.89. The Morgan fingerprint density at radius 2 is 1.58 bits per heavy atom. The Balaban J connectivity index is 1.55. The second kappa shape index (κ2) is 7.79. The molecule has 3 rings (SSSR count). The van der Waals surface area contributed by atoms with E-state index in [1.807, 2.05) is 59.5 Å². The van der Waals surface area contributed by atoms with E-state index in [2.05, 4.69) is 27.9 Å². The van der Waals surface area contributed by atoms with Crippen LogP contribution in [0.2, 0.25) is 0 Å². The summed E-state index contributed by atoms with van der Waals surface area (Å²) in [7, 11) is 0. The number of rotatable bonds is 3. The minimum absolute atomic E-state index is 0.0344. The molecule has 1 saturated heterocycles. The monoisotopic (exact) mass is 434 g/mol. The molecule has 2 aromatic rings. The average Bonchev–Trinajstić information content (AvgIpc) is 2.63. The van der Waals surface area contributed by atoms with Crippen LogP contribution in [0.4, 0.5) is 0 Å². The lowest BCUT2D eigenvalue weighted by Gasteiger charge is -2.32. The Morgan fingerprint density at radius 1 is 0.958 bits per heavy atom. The van der Waals surface area contributed by atoms with Gasteiger partial charge in [0, 0.05) is 28.3 Å². The lowest BCUT2D eigenvalue weighted by Crippen LogP contribution is -2.46. The molecular formula is C19H19IN2O2. The van der Waals surface area contributed by atoms with Gasteiger partial charge in [-0.05, 0) is 59.7 Å². The van der Waals surface area contributed by atoms with Crippen molar-refractivity contribution < 1.29 is 9.59 Å². The van der Waals surface area contributed by atoms with Crippen molar-refractivity contribution in [3.8, 4) is 0 Å². The first-order valence-electron chi connectivity index (χ1n) is 8.05. The molecule has 0 aliphatic carbocycles. The van der Waals surface area contributed by atoms with Crippen LogP contribution in [0.15, 0.2) is 54.6 Å². The SMILES string of the molecule is O=C(NC1CCN(C(=O)c2ccccc2)CC1)c1ccccc1I. The molecule has 2 aromatic carbocycles. The smallest absolute Gasteiger partial charge is 0.253 e. The van der Waals surface area contributed by atoms with Gasteiger partial charge in [-0.2, -0.15) is 0 Å². The number of piperidine rings is 1. The highest BCUT2D eigenvalue weighted by molar-refractivity contribution is 14.1. The number of halogens is 1. The van der Waals surface area contributed by atoms with Crippen molar-refractivity contribution >= 4 is 34.4 Å². The molecule has 1 fully saturated rings. The average molecular weight is 434 g/mol. The lowest BCUT2D eigenvalue weighted by molar-refractivity contribution is 0.0698. The highest BCUT2D eigenvalue weighted by atomic mass is 127. The highest BCUT2D eigenvalue weighted by Crippen LogP contribution is 2.16. The summed E-state index contributed by atoms with van der Waals surface area (Å²) in [6.07, 6.45) is 1.57. The lowest BCUT2D eigenvalue weighted by atomic mass is 10.0. The molecule has 1 aliphatic rings. The predicted octanol–water partition coefficient (Wildman–Crippen LogP) is 3.33. The fourth-order valence-corrected chi connectivity index (χ4v) is 3.53. The number of carbonyl (C=O) groups excluding carboxylic acids is 2. The molecular weight excluding hydrogens is 415 g/mol. The minimum atomic E-state index is -0.0344. The van der Waals surface area contributed by atoms with Crippen molar-refractivity contribution in [3.05, 3.63) is 69.3 Å². The first-order chi connectivity index (χ1) is 11.6. The van der Waals surface area contributed by atoms with E-state index in [0.717, 1.165) is 22.0 Å². The van der Waals surface area contributed by atoms with E-state index < -0.39 is 0 Å². The molecule has 2 amide bonds. The fraction of sp³-hybridized carbons (Fsp3) is 0.263. The van der Waals surface area contributed by atoms with Crippen molar-refractivity contribution in [2.75, 3.05) is 13.1 Å². The standard InChI is InChI=1S/C19H19IN2O2/c20-17-9-5-4-8-16(17)18(23)21-15-10-12-22(13-11-15)19(24)14-6-2-1-3-7-14/h1-9,15H,10-13H2,(H,21,23). The van der Waals surface area contributed by atoms with E-state index in [1.165, 1.54) is 0 Å². The van der Waals surface area contributed by atoms with Gasteiger partial charge in [0.2, 0.25) is 0 Å². The Labute approximate surface area is 155 Å². The normalized spacial score (nSPS) is 15.1. The first kappa shape index (κ1) is 17.0. The molecule has 124 valence electrons. The van der Waals surface area contributed by atoms with E-state index >= 15 is 0 Å². The molecule has 1 N–H and O–H groups in total. The number of benzene rings is 2. The quantitative estimate of drug-likeness (QED) is 0.754. The van der Waals surface area contributed by atoms with Crippen molar-refractivity contribution in [1.29, 1.82) is 0 Å². The molecule has 0 radical (unpaired) electrons. The number of amides is 2. The van der Waals surface area contributed by atoms with E-state index in [-0.39, 0.29) is 17.9 Å². The van der Waals surface area contributed by atoms with E-state index in [1.54, 1.807) is 0 Å². The number of hydrogen-bond acceptors (Lipinski definition) is 2. The maximum absolute atomic E-state index is 12.4. The van der Waals surface area contributed by atoms with Crippen molar-refractivity contribution in [3.63, 3.8) is 0 Å². The second-order valence-corrected chi connectivity index (χ2v) is 7.05. The Bertz CT molecular complexity index is 725. The van der Waals surface area contributed by atoms with Crippen LogP contribution in [0, 0.1) is 3.57 Å². The number of nitrogens with zero attached hydrogens (tertiary/aromatic N) is 1. The van der Waals surface area contributed by atoms with Gasteiger partial charge in [-0.25, -0.2) is 0 Å². The van der Waals surface area contributed by atoms with Crippen molar-refractivity contribution in [2.24, 2.45) is 0 Å². The van der Waals surface area contributed by atoms with Gasteiger partial charge in [0.25, 0.3) is 11.8 Å². The third-order valence-electron chi connectivity index (χ3n) is 4.26. The Kier molecular flexibility index (Phi) is 5.50. The molecule has 4 nitrogen and oxygen atoms in total. The van der Waals surface area contributed by atoms with E-state index in [0.29, 0.717) is 18.7 Å². The van der Waals surface area contributed by atoms with Crippen LogP contribution >= 0.6 is 22.6 Å². The second-order valence-electron chi connectivity index (χ2n) is 5.89. The Morgan fingerprint density at radius 3 is 2.25 bits per heavy atom. The maximum atomic E-state index is 12.4. The van der Waals surface area contributed by atoms with E-state index in [9.17, 15) is 9.59 Å². The zero-order valence-electron chi connectivity index (χ0n) is 13.2. The van der Waals surface area contributed by atoms with Gasteiger partial charge >= 0.3 is 0 Å². The molecule has 0 atom stereocenters. The van der Waals surface area contributed by atoms with Crippen LogP contribution in [0.25, 0.3) is 0 Å². The maximum Gasteiger partial charge on any atom is 0.253 e. The molecule has 0 bridgehead atoms. The molecule has 0 spiro atoms. The molecule has 1 heterocycles. The fourth-order valence-electron chi connectivity index (χ4n) is 2.90. The van der Waals surface area contributed by atoms with Crippen LogP contribution < -0.4 is 5.32 Å². The third kappa shape index (κ3) is 3.95. The number of carbonyl (C=O) groups is 2. The molecule has 1 aliphatic heterocycles. The molecule has 0 aromatic heterocycles. The topological polar surface area (TPSA) is 49.4 Å². The summed E-state index contributed by atoms with van der Waals surface area (Å²) in [5.74, 6) is 0.0332.